The monoisotopic (exact) mass is 294 g/mol. The largest absolute Gasteiger partial charge is 0.382 e. The lowest BCUT2D eigenvalue weighted by Crippen LogP contribution is -2.53. The molecule has 1 rings (SSSR count). The Hall–Kier alpha value is 0.360. The van der Waals surface area contributed by atoms with Gasteiger partial charge in [-0.3, -0.25) is 0 Å². The number of rotatable bonds is 7. The summed E-state index contributed by atoms with van der Waals surface area (Å²) < 4.78 is 16.7. The van der Waals surface area contributed by atoms with Crippen molar-refractivity contribution in [2.45, 2.75) is 56.2 Å². The Labute approximate surface area is 107 Å². The van der Waals surface area contributed by atoms with Crippen LogP contribution < -0.4 is 0 Å². The number of methoxy groups -OCH3 is 1. The molecule has 3 atom stereocenters. The van der Waals surface area contributed by atoms with Gasteiger partial charge in [0.1, 0.15) is 0 Å². The van der Waals surface area contributed by atoms with E-state index in [1.165, 1.54) is 0 Å². The zero-order valence-electron chi connectivity index (χ0n) is 10.7. The Morgan fingerprint density at radius 2 is 2.00 bits per heavy atom. The van der Waals surface area contributed by atoms with Crippen molar-refractivity contribution >= 4 is 15.9 Å². The molecule has 1 saturated carbocycles. The molecule has 0 bridgehead atoms. The van der Waals surface area contributed by atoms with E-state index >= 15 is 0 Å². The Balaban J connectivity index is 2.32. The van der Waals surface area contributed by atoms with Crippen LogP contribution in [0.2, 0.25) is 0 Å². The van der Waals surface area contributed by atoms with Crippen molar-refractivity contribution in [1.29, 1.82) is 0 Å². The first-order valence-electron chi connectivity index (χ1n) is 5.92. The van der Waals surface area contributed by atoms with Gasteiger partial charge in [0, 0.05) is 11.9 Å². The van der Waals surface area contributed by atoms with Gasteiger partial charge in [0.2, 0.25) is 0 Å². The lowest BCUT2D eigenvalue weighted by molar-refractivity contribution is -0.176. The predicted octanol–water partition coefficient (Wildman–Crippen LogP) is 2.76. The first kappa shape index (κ1) is 14.4. The molecule has 3 nitrogen and oxygen atoms in total. The van der Waals surface area contributed by atoms with E-state index in [9.17, 15) is 0 Å². The molecule has 0 radical (unpaired) electrons. The molecular formula is C12H23BrO3. The second kappa shape index (κ2) is 6.34. The van der Waals surface area contributed by atoms with Crippen molar-refractivity contribution in [3.05, 3.63) is 0 Å². The SMILES string of the molecule is CCC(C)(C)OC1CC(Br)C1OCCOC. The summed E-state index contributed by atoms with van der Waals surface area (Å²) in [5.74, 6) is 0. The maximum absolute atomic E-state index is 6.04. The minimum Gasteiger partial charge on any atom is -0.382 e. The summed E-state index contributed by atoms with van der Waals surface area (Å²) in [5, 5.41) is 0. The molecule has 0 aliphatic heterocycles. The van der Waals surface area contributed by atoms with E-state index in [-0.39, 0.29) is 17.8 Å². The summed E-state index contributed by atoms with van der Waals surface area (Å²) in [7, 11) is 1.68. The molecule has 0 spiro atoms. The third-order valence-electron chi connectivity index (χ3n) is 3.10. The summed E-state index contributed by atoms with van der Waals surface area (Å²) in [4.78, 5) is 0.419. The molecule has 0 aromatic heterocycles. The normalized spacial score (nSPS) is 30.2. The van der Waals surface area contributed by atoms with Gasteiger partial charge in [-0.2, -0.15) is 0 Å². The van der Waals surface area contributed by atoms with E-state index in [4.69, 9.17) is 14.2 Å². The average molecular weight is 295 g/mol. The van der Waals surface area contributed by atoms with E-state index in [2.05, 4.69) is 36.7 Å². The fourth-order valence-electron chi connectivity index (χ4n) is 1.61. The Morgan fingerprint density at radius 1 is 1.31 bits per heavy atom. The molecular weight excluding hydrogens is 272 g/mol. The zero-order chi connectivity index (χ0) is 12.2. The van der Waals surface area contributed by atoms with E-state index in [0.717, 1.165) is 12.8 Å². The maximum Gasteiger partial charge on any atom is 0.0964 e. The van der Waals surface area contributed by atoms with E-state index in [1.807, 2.05) is 0 Å². The molecule has 1 aliphatic rings. The second-order valence-corrected chi connectivity index (χ2v) is 6.03. The van der Waals surface area contributed by atoms with Gasteiger partial charge in [0.05, 0.1) is 31.0 Å². The van der Waals surface area contributed by atoms with Gasteiger partial charge >= 0.3 is 0 Å². The van der Waals surface area contributed by atoms with Crippen LogP contribution in [-0.2, 0) is 14.2 Å². The van der Waals surface area contributed by atoms with Crippen LogP contribution in [0.1, 0.15) is 33.6 Å². The van der Waals surface area contributed by atoms with Crippen molar-refractivity contribution in [1.82, 2.24) is 0 Å². The topological polar surface area (TPSA) is 27.7 Å². The van der Waals surface area contributed by atoms with Crippen molar-refractivity contribution in [3.63, 3.8) is 0 Å². The molecule has 0 amide bonds. The Morgan fingerprint density at radius 3 is 2.50 bits per heavy atom. The van der Waals surface area contributed by atoms with Crippen LogP contribution in [0.25, 0.3) is 0 Å². The van der Waals surface area contributed by atoms with E-state index < -0.39 is 0 Å². The standard InChI is InChI=1S/C12H23BrO3/c1-5-12(2,3)16-10-8-9(13)11(10)15-7-6-14-4/h9-11H,5-8H2,1-4H3. The molecule has 3 unspecified atom stereocenters. The number of hydrogen-bond donors (Lipinski definition) is 0. The van der Waals surface area contributed by atoms with Crippen LogP contribution >= 0.6 is 15.9 Å². The summed E-state index contributed by atoms with van der Waals surface area (Å²) in [5.41, 5.74) is -0.0549. The third kappa shape index (κ3) is 3.99. The van der Waals surface area contributed by atoms with E-state index in [1.54, 1.807) is 7.11 Å². The fourth-order valence-corrected chi connectivity index (χ4v) is 2.48. The number of halogens is 1. The molecule has 4 heteroatoms. The molecule has 0 N–H and O–H groups in total. The van der Waals surface area contributed by atoms with Crippen LogP contribution in [0.15, 0.2) is 0 Å². The minimum atomic E-state index is -0.0549. The molecule has 0 saturated heterocycles. The zero-order valence-corrected chi connectivity index (χ0v) is 12.2. The first-order valence-corrected chi connectivity index (χ1v) is 6.84. The quantitative estimate of drug-likeness (QED) is 0.534. The van der Waals surface area contributed by atoms with E-state index in [0.29, 0.717) is 18.0 Å². The molecule has 0 aromatic carbocycles. The van der Waals surface area contributed by atoms with Gasteiger partial charge in [-0.25, -0.2) is 0 Å². The fraction of sp³-hybridized carbons (Fsp3) is 1.00. The second-order valence-electron chi connectivity index (χ2n) is 4.85. The van der Waals surface area contributed by atoms with Crippen molar-refractivity contribution < 1.29 is 14.2 Å². The summed E-state index contributed by atoms with van der Waals surface area (Å²) in [6.45, 7) is 7.67. The van der Waals surface area contributed by atoms with Crippen molar-refractivity contribution in [3.8, 4) is 0 Å². The summed E-state index contributed by atoms with van der Waals surface area (Å²) >= 11 is 3.60. The molecule has 0 aromatic rings. The van der Waals surface area contributed by atoms with Gasteiger partial charge < -0.3 is 14.2 Å². The van der Waals surface area contributed by atoms with Gasteiger partial charge in [0.15, 0.2) is 0 Å². The number of ether oxygens (including phenoxy) is 3. The molecule has 96 valence electrons. The van der Waals surface area contributed by atoms with Crippen LogP contribution in [0.4, 0.5) is 0 Å². The van der Waals surface area contributed by atoms with Crippen LogP contribution in [-0.4, -0.2) is 43.0 Å². The molecule has 1 aliphatic carbocycles. The van der Waals surface area contributed by atoms with Crippen LogP contribution in [0.3, 0.4) is 0 Å². The number of alkyl halides is 1. The molecule has 1 fully saturated rings. The highest BCUT2D eigenvalue weighted by atomic mass is 79.9. The highest BCUT2D eigenvalue weighted by Crippen LogP contribution is 2.36. The first-order chi connectivity index (χ1) is 7.50. The molecule has 16 heavy (non-hydrogen) atoms. The smallest absolute Gasteiger partial charge is 0.0964 e. The summed E-state index contributed by atoms with van der Waals surface area (Å²) in [6.07, 6.45) is 2.43. The van der Waals surface area contributed by atoms with Crippen molar-refractivity contribution in [2.24, 2.45) is 0 Å². The predicted molar refractivity (Wildman–Crippen MR) is 68.2 cm³/mol. The highest BCUT2D eigenvalue weighted by molar-refractivity contribution is 9.09. The maximum atomic E-state index is 6.04. The average Bonchev–Trinajstić information content (AvgIpc) is 2.23. The number of hydrogen-bond acceptors (Lipinski definition) is 3. The summed E-state index contributed by atoms with van der Waals surface area (Å²) in [6, 6.07) is 0. The third-order valence-corrected chi connectivity index (χ3v) is 3.99. The highest BCUT2D eigenvalue weighted by Gasteiger charge is 2.43. The Kier molecular flexibility index (Phi) is 5.71. The molecule has 0 heterocycles. The Bertz CT molecular complexity index is 208. The van der Waals surface area contributed by atoms with Gasteiger partial charge in [0.25, 0.3) is 0 Å². The van der Waals surface area contributed by atoms with Crippen LogP contribution in [0.5, 0.6) is 0 Å². The lowest BCUT2D eigenvalue weighted by Gasteiger charge is -2.44. The van der Waals surface area contributed by atoms with Crippen LogP contribution in [0, 0.1) is 0 Å². The van der Waals surface area contributed by atoms with Gasteiger partial charge in [-0.1, -0.05) is 22.9 Å². The van der Waals surface area contributed by atoms with Gasteiger partial charge in [-0.15, -0.1) is 0 Å². The van der Waals surface area contributed by atoms with Gasteiger partial charge in [-0.05, 0) is 26.7 Å². The lowest BCUT2D eigenvalue weighted by atomic mass is 9.90. The van der Waals surface area contributed by atoms with Crippen molar-refractivity contribution in [2.75, 3.05) is 20.3 Å². The minimum absolute atomic E-state index is 0.0549.